The van der Waals surface area contributed by atoms with Gasteiger partial charge in [0.25, 0.3) is 5.56 Å². The Kier molecular flexibility index (Phi) is 6.96. The van der Waals surface area contributed by atoms with Crippen molar-refractivity contribution >= 4 is 27.5 Å². The minimum absolute atomic E-state index is 0.0505. The third-order valence-corrected chi connectivity index (χ3v) is 3.12. The van der Waals surface area contributed by atoms with Crippen molar-refractivity contribution in [3.05, 3.63) is 33.7 Å². The predicted molar refractivity (Wildman–Crippen MR) is 79.8 cm³/mol. The highest BCUT2D eigenvalue weighted by molar-refractivity contribution is 9.10. The third-order valence-electron chi connectivity index (χ3n) is 2.35. The van der Waals surface area contributed by atoms with Crippen LogP contribution >= 0.6 is 15.9 Å². The van der Waals surface area contributed by atoms with E-state index >= 15 is 0 Å². The summed E-state index contributed by atoms with van der Waals surface area (Å²) in [5, 5.41) is 9.48. The molecule has 0 saturated carbocycles. The van der Waals surface area contributed by atoms with Crippen LogP contribution in [-0.2, 0) is 16.1 Å². The monoisotopic (exact) mass is 344 g/mol. The van der Waals surface area contributed by atoms with Gasteiger partial charge in [-0.05, 0) is 15.9 Å². The van der Waals surface area contributed by atoms with Crippen LogP contribution < -0.4 is 16.2 Å². The van der Waals surface area contributed by atoms with Gasteiger partial charge in [-0.2, -0.15) is 5.10 Å². The minimum Gasteiger partial charge on any atom is -0.383 e. The van der Waals surface area contributed by atoms with Crippen LogP contribution in [0.1, 0.15) is 0 Å². The first-order chi connectivity index (χ1) is 9.60. The van der Waals surface area contributed by atoms with E-state index < -0.39 is 0 Å². The molecule has 0 atom stereocenters. The van der Waals surface area contributed by atoms with E-state index in [2.05, 4.69) is 38.2 Å². The number of methoxy groups -OCH3 is 1. The number of nitrogens with one attached hydrogen (secondary N) is 2. The Bertz CT molecular complexity index is 530. The van der Waals surface area contributed by atoms with Crippen LogP contribution in [0.5, 0.6) is 0 Å². The molecule has 110 valence electrons. The van der Waals surface area contributed by atoms with E-state index in [1.54, 1.807) is 13.2 Å². The number of carbonyl (C=O) groups is 1. The maximum Gasteiger partial charge on any atom is 0.283 e. The molecule has 0 aliphatic rings. The lowest BCUT2D eigenvalue weighted by Gasteiger charge is -2.09. The molecule has 0 fully saturated rings. The van der Waals surface area contributed by atoms with Crippen LogP contribution in [0.4, 0.5) is 5.69 Å². The van der Waals surface area contributed by atoms with Gasteiger partial charge in [0.05, 0.1) is 31.6 Å². The van der Waals surface area contributed by atoms with Crippen molar-refractivity contribution < 1.29 is 9.53 Å². The molecular weight excluding hydrogens is 328 g/mol. The summed E-state index contributed by atoms with van der Waals surface area (Å²) in [6.45, 7) is 4.82. The van der Waals surface area contributed by atoms with E-state index in [0.29, 0.717) is 29.9 Å². The zero-order valence-electron chi connectivity index (χ0n) is 11.2. The number of halogens is 1. The van der Waals surface area contributed by atoms with Gasteiger partial charge >= 0.3 is 0 Å². The van der Waals surface area contributed by atoms with E-state index in [4.69, 9.17) is 4.74 Å². The predicted octanol–water partition coefficient (Wildman–Crippen LogP) is 0.366. The van der Waals surface area contributed by atoms with Gasteiger partial charge in [-0.25, -0.2) is 4.68 Å². The largest absolute Gasteiger partial charge is 0.383 e. The van der Waals surface area contributed by atoms with Gasteiger partial charge in [0, 0.05) is 13.7 Å². The Morgan fingerprint density at radius 3 is 3.05 bits per heavy atom. The molecule has 0 unspecified atom stereocenters. The number of ether oxygens (including phenoxy) is 1. The molecule has 0 bridgehead atoms. The molecule has 7 nitrogen and oxygen atoms in total. The summed E-state index contributed by atoms with van der Waals surface area (Å²) in [5.41, 5.74) is 0.187. The van der Waals surface area contributed by atoms with E-state index in [9.17, 15) is 9.59 Å². The first-order valence-electron chi connectivity index (χ1n) is 5.96. The number of amides is 1. The highest BCUT2D eigenvalue weighted by Gasteiger charge is 2.09. The van der Waals surface area contributed by atoms with Crippen LogP contribution in [0.15, 0.2) is 28.1 Å². The van der Waals surface area contributed by atoms with Gasteiger partial charge in [-0.15, -0.1) is 6.58 Å². The fourth-order valence-corrected chi connectivity index (χ4v) is 1.82. The average Bonchev–Trinajstić information content (AvgIpc) is 2.43. The quantitative estimate of drug-likeness (QED) is 0.525. The van der Waals surface area contributed by atoms with Crippen LogP contribution in [0.25, 0.3) is 0 Å². The van der Waals surface area contributed by atoms with Gasteiger partial charge in [0.15, 0.2) is 0 Å². The van der Waals surface area contributed by atoms with E-state index in [0.717, 1.165) is 0 Å². The number of carbonyl (C=O) groups excluding carboxylic acids is 1. The molecule has 8 heteroatoms. The number of anilines is 1. The summed E-state index contributed by atoms with van der Waals surface area (Å²) in [7, 11) is 1.56. The number of nitrogens with zero attached hydrogens (tertiary/aromatic N) is 2. The van der Waals surface area contributed by atoms with Crippen molar-refractivity contribution in [3.63, 3.8) is 0 Å². The Hall–Kier alpha value is -1.67. The van der Waals surface area contributed by atoms with E-state index in [1.807, 2.05) is 0 Å². The van der Waals surface area contributed by atoms with Gasteiger partial charge in [-0.3, -0.25) is 9.59 Å². The summed E-state index contributed by atoms with van der Waals surface area (Å²) in [4.78, 5) is 23.4. The molecule has 0 aliphatic heterocycles. The first-order valence-corrected chi connectivity index (χ1v) is 6.75. The van der Waals surface area contributed by atoms with Crippen molar-refractivity contribution in [1.82, 2.24) is 15.1 Å². The lowest BCUT2D eigenvalue weighted by molar-refractivity contribution is -0.119. The standard InChI is InChI=1S/C12H17BrN4O3/c1-3-5-17-12(19)11(13)9(7-16-17)15-8-10(18)14-4-6-20-2/h3,7,15H,1,4-6,8H2,2H3,(H,14,18). The summed E-state index contributed by atoms with van der Waals surface area (Å²) < 4.78 is 6.42. The molecule has 0 saturated heterocycles. The summed E-state index contributed by atoms with van der Waals surface area (Å²) in [6.07, 6.45) is 3.06. The topological polar surface area (TPSA) is 85.2 Å². The zero-order valence-corrected chi connectivity index (χ0v) is 12.8. The molecule has 1 amide bonds. The maximum atomic E-state index is 11.9. The van der Waals surface area contributed by atoms with Crippen molar-refractivity contribution in [2.24, 2.45) is 0 Å². The molecule has 20 heavy (non-hydrogen) atoms. The second-order valence-corrected chi connectivity index (χ2v) is 4.64. The van der Waals surface area contributed by atoms with Gasteiger partial charge in [0.2, 0.25) is 5.91 Å². The van der Waals surface area contributed by atoms with Crippen molar-refractivity contribution in [2.75, 3.05) is 32.1 Å². The number of rotatable bonds is 8. The number of hydrogen-bond donors (Lipinski definition) is 2. The minimum atomic E-state index is -0.283. The van der Waals surface area contributed by atoms with Crippen LogP contribution in [-0.4, -0.2) is 42.5 Å². The van der Waals surface area contributed by atoms with Gasteiger partial charge < -0.3 is 15.4 Å². The van der Waals surface area contributed by atoms with Crippen LogP contribution in [0, 0.1) is 0 Å². The summed E-state index contributed by atoms with van der Waals surface area (Å²) >= 11 is 3.19. The molecule has 1 aromatic heterocycles. The van der Waals surface area contributed by atoms with Crippen molar-refractivity contribution in [3.8, 4) is 0 Å². The van der Waals surface area contributed by atoms with Crippen molar-refractivity contribution in [1.29, 1.82) is 0 Å². The summed E-state index contributed by atoms with van der Waals surface area (Å²) in [5.74, 6) is -0.191. The third kappa shape index (κ3) is 4.78. The average molecular weight is 345 g/mol. The fourth-order valence-electron chi connectivity index (χ4n) is 1.37. The Labute approximate surface area is 125 Å². The molecule has 2 N–H and O–H groups in total. The molecule has 1 aromatic rings. The molecule has 1 rings (SSSR count). The Morgan fingerprint density at radius 2 is 2.40 bits per heavy atom. The number of aromatic nitrogens is 2. The Morgan fingerprint density at radius 1 is 1.65 bits per heavy atom. The lowest BCUT2D eigenvalue weighted by Crippen LogP contribution is -2.33. The second-order valence-electron chi connectivity index (χ2n) is 3.84. The summed E-state index contributed by atoms with van der Waals surface area (Å²) in [6, 6.07) is 0. The molecule has 0 spiro atoms. The molecule has 0 aromatic carbocycles. The highest BCUT2D eigenvalue weighted by Crippen LogP contribution is 2.15. The maximum absolute atomic E-state index is 11.9. The number of allylic oxidation sites excluding steroid dienone is 1. The molecule has 0 aliphatic carbocycles. The Balaban J connectivity index is 2.60. The molecule has 0 radical (unpaired) electrons. The smallest absolute Gasteiger partial charge is 0.283 e. The molecular formula is C12H17BrN4O3. The fraction of sp³-hybridized carbons (Fsp3) is 0.417. The second kappa shape index (κ2) is 8.49. The number of hydrogen-bond acceptors (Lipinski definition) is 5. The first kappa shape index (κ1) is 16.4. The lowest BCUT2D eigenvalue weighted by atomic mass is 10.4. The van der Waals surface area contributed by atoms with Crippen LogP contribution in [0.3, 0.4) is 0 Å². The van der Waals surface area contributed by atoms with Crippen molar-refractivity contribution in [2.45, 2.75) is 6.54 Å². The van der Waals surface area contributed by atoms with Gasteiger partial charge in [0.1, 0.15) is 4.47 Å². The van der Waals surface area contributed by atoms with E-state index in [1.165, 1.54) is 10.9 Å². The van der Waals surface area contributed by atoms with Crippen LogP contribution in [0.2, 0.25) is 0 Å². The molecule has 1 heterocycles. The normalized spacial score (nSPS) is 10.1. The zero-order chi connectivity index (χ0) is 15.0. The highest BCUT2D eigenvalue weighted by atomic mass is 79.9. The van der Waals surface area contributed by atoms with E-state index in [-0.39, 0.29) is 18.0 Å². The SMILES string of the molecule is C=CCn1ncc(NCC(=O)NCCOC)c(Br)c1=O. The van der Waals surface area contributed by atoms with Gasteiger partial charge in [-0.1, -0.05) is 6.08 Å².